The normalized spacial score (nSPS) is 38.3. The smallest absolute Gasteiger partial charge is 0.343 e. The van der Waals surface area contributed by atoms with E-state index in [0.717, 1.165) is 4.57 Å². The highest BCUT2D eigenvalue weighted by atomic mass is 31.2. The number of alkyl halides is 2. The predicted molar refractivity (Wildman–Crippen MR) is 80.3 cm³/mol. The van der Waals surface area contributed by atoms with Gasteiger partial charge in [-0.3, -0.25) is 13.7 Å². The first kappa shape index (κ1) is 17.7. The molecule has 0 radical (unpaired) electrons. The van der Waals surface area contributed by atoms with Gasteiger partial charge in [0.25, 0.3) is 0 Å². The fourth-order valence-corrected chi connectivity index (χ4v) is 4.50. The van der Waals surface area contributed by atoms with Crippen LogP contribution >= 0.6 is 7.60 Å². The van der Waals surface area contributed by atoms with Crippen LogP contribution in [0.1, 0.15) is 32.7 Å². The van der Waals surface area contributed by atoms with Crippen LogP contribution in [0.15, 0.2) is 17.1 Å². The number of aryl methyl sites for hydroxylation is 1. The Morgan fingerprint density at radius 3 is 2.62 bits per heavy atom. The molecule has 3 rings (SSSR count). The van der Waals surface area contributed by atoms with Crippen molar-refractivity contribution in [1.82, 2.24) is 9.55 Å². The zero-order valence-corrected chi connectivity index (χ0v) is 14.6. The average Bonchev–Trinajstić information content (AvgIpc) is 2.71. The van der Waals surface area contributed by atoms with Gasteiger partial charge in [-0.2, -0.15) is 13.8 Å². The van der Waals surface area contributed by atoms with E-state index in [-0.39, 0.29) is 0 Å². The Morgan fingerprint density at radius 2 is 2.04 bits per heavy atom. The minimum absolute atomic E-state index is 0.409. The second-order valence-electron chi connectivity index (χ2n) is 6.36. The lowest BCUT2D eigenvalue weighted by Gasteiger charge is -2.38. The largest absolute Gasteiger partial charge is 0.350 e. The molecule has 0 N–H and O–H groups in total. The number of aromatic nitrogens is 2. The van der Waals surface area contributed by atoms with Crippen molar-refractivity contribution in [1.29, 1.82) is 0 Å². The van der Waals surface area contributed by atoms with E-state index >= 15 is 0 Å². The monoisotopic (exact) mass is 364 g/mol. The van der Waals surface area contributed by atoms with Crippen LogP contribution in [0.4, 0.5) is 8.78 Å². The van der Waals surface area contributed by atoms with E-state index in [1.807, 2.05) is 0 Å². The van der Waals surface area contributed by atoms with Crippen LogP contribution in [0.25, 0.3) is 0 Å². The maximum absolute atomic E-state index is 14.9. The van der Waals surface area contributed by atoms with Gasteiger partial charge in [0.2, 0.25) is 6.23 Å². The summed E-state index contributed by atoms with van der Waals surface area (Å²) in [6.07, 6.45) is -4.44. The zero-order chi connectivity index (χ0) is 17.9. The van der Waals surface area contributed by atoms with Gasteiger partial charge in [-0.15, -0.1) is 0 Å². The topological polar surface area (TPSA) is 79.6 Å². The molecule has 0 saturated carbocycles. The number of hydrogen-bond donors (Lipinski definition) is 0. The summed E-state index contributed by atoms with van der Waals surface area (Å²) in [7, 11) is -3.69. The molecule has 7 nitrogen and oxygen atoms in total. The van der Waals surface area contributed by atoms with Crippen molar-refractivity contribution in [2.75, 3.05) is 0 Å². The van der Waals surface area contributed by atoms with E-state index < -0.39 is 49.4 Å². The van der Waals surface area contributed by atoms with E-state index in [1.165, 1.54) is 19.2 Å². The van der Waals surface area contributed by atoms with Gasteiger partial charge in [0, 0.05) is 11.9 Å². The van der Waals surface area contributed by atoms with Crippen LogP contribution in [0.5, 0.6) is 0 Å². The molecule has 0 aliphatic carbocycles. The quantitative estimate of drug-likeness (QED) is 0.750. The highest BCUT2D eigenvalue weighted by Crippen LogP contribution is 2.63. The average molecular weight is 364 g/mol. The third kappa shape index (κ3) is 2.63. The molecule has 0 aromatic carbocycles. The molecule has 1 aromatic heterocycles. The van der Waals surface area contributed by atoms with E-state index in [2.05, 4.69) is 4.98 Å². The molecule has 0 bridgehead atoms. The molecule has 1 aromatic rings. The van der Waals surface area contributed by atoms with Gasteiger partial charge < -0.3 is 9.26 Å². The highest BCUT2D eigenvalue weighted by Gasteiger charge is 2.66. The summed E-state index contributed by atoms with van der Waals surface area (Å²) in [6.45, 7) is 6.24. The van der Waals surface area contributed by atoms with Gasteiger partial charge in [-0.1, -0.05) is 13.8 Å². The van der Waals surface area contributed by atoms with Crippen LogP contribution < -0.4 is 5.69 Å². The van der Waals surface area contributed by atoms with Crippen molar-refractivity contribution in [3.05, 3.63) is 28.4 Å². The molecule has 10 heteroatoms. The Morgan fingerprint density at radius 1 is 1.38 bits per heavy atom. The molecule has 2 aliphatic heterocycles. The molecule has 2 saturated heterocycles. The second-order valence-corrected chi connectivity index (χ2v) is 8.89. The standard InChI is InChI=1S/C14H19F2N2O5P/c1-7(2)24(20)22-9(4)10-11(23-24)14(15,16)12(21-10)18-6-5-8(3)17-13(18)19/h5-7,9-12H,1-4H3/t9?,10-,11-,12-,24?/m1/s1. The number of rotatable bonds is 2. The zero-order valence-electron chi connectivity index (χ0n) is 13.7. The summed E-state index contributed by atoms with van der Waals surface area (Å²) in [6, 6.07) is 1.43. The van der Waals surface area contributed by atoms with Gasteiger partial charge >= 0.3 is 19.2 Å². The molecule has 2 fully saturated rings. The molecule has 24 heavy (non-hydrogen) atoms. The fourth-order valence-electron chi connectivity index (χ4n) is 2.80. The van der Waals surface area contributed by atoms with Crippen LogP contribution in [0.3, 0.4) is 0 Å². The first-order chi connectivity index (χ1) is 11.1. The van der Waals surface area contributed by atoms with Crippen LogP contribution in [0.2, 0.25) is 0 Å². The Kier molecular flexibility index (Phi) is 4.19. The number of halogens is 2. The molecule has 0 amide bonds. The lowest BCUT2D eigenvalue weighted by Crippen LogP contribution is -2.48. The number of ether oxygens (including phenoxy) is 1. The van der Waals surface area contributed by atoms with Crippen molar-refractivity contribution in [2.24, 2.45) is 0 Å². The highest BCUT2D eigenvalue weighted by molar-refractivity contribution is 7.54. The number of fused-ring (bicyclic) bond motifs is 1. The van der Waals surface area contributed by atoms with E-state index in [0.29, 0.717) is 5.69 Å². The third-order valence-corrected chi connectivity index (χ3v) is 6.60. The van der Waals surface area contributed by atoms with Crippen LogP contribution in [-0.4, -0.2) is 39.4 Å². The van der Waals surface area contributed by atoms with Crippen molar-refractivity contribution in [3.63, 3.8) is 0 Å². The first-order valence-corrected chi connectivity index (χ1v) is 9.23. The maximum atomic E-state index is 14.9. The SMILES string of the molecule is Cc1ccn([C@@H]2O[C@@H]3C(C)OP(=O)(C(C)C)O[C@H]3C2(F)F)c(=O)n1. The Labute approximate surface area is 137 Å². The summed E-state index contributed by atoms with van der Waals surface area (Å²) < 4.78 is 59.0. The molecule has 2 unspecified atom stereocenters. The van der Waals surface area contributed by atoms with Crippen LogP contribution in [0, 0.1) is 6.92 Å². The molecule has 2 aliphatic rings. The van der Waals surface area contributed by atoms with Gasteiger partial charge in [-0.25, -0.2) is 4.79 Å². The molecule has 134 valence electrons. The van der Waals surface area contributed by atoms with Crippen molar-refractivity contribution < 1.29 is 27.1 Å². The Bertz CT molecular complexity index is 753. The summed E-state index contributed by atoms with van der Waals surface area (Å²) >= 11 is 0. The second kappa shape index (κ2) is 5.69. The van der Waals surface area contributed by atoms with Gasteiger partial charge in [0.05, 0.1) is 11.8 Å². The molecule has 3 heterocycles. The molecular weight excluding hydrogens is 345 g/mol. The number of nitrogens with zero attached hydrogens (tertiary/aromatic N) is 2. The Balaban J connectivity index is 2.00. The summed E-state index contributed by atoms with van der Waals surface area (Å²) in [4.78, 5) is 15.6. The molecule has 5 atom stereocenters. The van der Waals surface area contributed by atoms with E-state index in [4.69, 9.17) is 13.8 Å². The lowest BCUT2D eigenvalue weighted by molar-refractivity contribution is -0.136. The van der Waals surface area contributed by atoms with Crippen LogP contribution in [-0.2, 0) is 18.3 Å². The lowest BCUT2D eigenvalue weighted by atomic mass is 10.1. The van der Waals surface area contributed by atoms with Crippen molar-refractivity contribution >= 4 is 7.60 Å². The first-order valence-electron chi connectivity index (χ1n) is 7.62. The number of hydrogen-bond acceptors (Lipinski definition) is 6. The maximum Gasteiger partial charge on any atom is 0.350 e. The molecule has 0 spiro atoms. The molecular formula is C14H19F2N2O5P. The van der Waals surface area contributed by atoms with Gasteiger partial charge in [0.1, 0.15) is 6.10 Å². The summed E-state index contributed by atoms with van der Waals surface area (Å²) in [5.41, 5.74) is -1.01. The minimum Gasteiger partial charge on any atom is -0.343 e. The summed E-state index contributed by atoms with van der Waals surface area (Å²) in [5, 5.41) is 0. The van der Waals surface area contributed by atoms with Gasteiger partial charge in [0.15, 0.2) is 6.10 Å². The van der Waals surface area contributed by atoms with E-state index in [1.54, 1.807) is 20.8 Å². The van der Waals surface area contributed by atoms with E-state index in [9.17, 15) is 18.1 Å². The predicted octanol–water partition coefficient (Wildman–Crippen LogP) is 2.49. The van der Waals surface area contributed by atoms with Crippen molar-refractivity contribution in [2.45, 2.75) is 63.8 Å². The minimum atomic E-state index is -3.69. The van der Waals surface area contributed by atoms with Gasteiger partial charge in [-0.05, 0) is 19.9 Å². The fraction of sp³-hybridized carbons (Fsp3) is 0.714. The Hall–Kier alpha value is -1.15. The summed E-state index contributed by atoms with van der Waals surface area (Å²) in [5.74, 6) is -3.56. The third-order valence-electron chi connectivity index (χ3n) is 4.18. The van der Waals surface area contributed by atoms with Crippen molar-refractivity contribution in [3.8, 4) is 0 Å².